The maximum absolute atomic E-state index is 12.7. The van der Waals surface area contributed by atoms with E-state index in [0.717, 1.165) is 28.8 Å². The van der Waals surface area contributed by atoms with Crippen LogP contribution >= 0.6 is 11.3 Å². The summed E-state index contributed by atoms with van der Waals surface area (Å²) >= 11 is 1.48. The van der Waals surface area contributed by atoms with E-state index >= 15 is 0 Å². The molecule has 2 N–H and O–H groups in total. The fourth-order valence-corrected chi connectivity index (χ4v) is 4.66. The minimum Gasteiger partial charge on any atom is -0.478 e. The van der Waals surface area contributed by atoms with E-state index in [1.807, 2.05) is 6.92 Å². The normalized spacial score (nSPS) is 17.0. The summed E-state index contributed by atoms with van der Waals surface area (Å²) in [5, 5.41) is 16.7. The highest BCUT2D eigenvalue weighted by molar-refractivity contribution is 7.17. The van der Waals surface area contributed by atoms with Gasteiger partial charge in [-0.05, 0) is 57.4 Å². The number of amides is 1. The van der Waals surface area contributed by atoms with E-state index in [-0.39, 0.29) is 11.5 Å². The Balaban J connectivity index is 1.73. The number of hydrogen-bond donors (Lipinski definition) is 2. The molecule has 2 aliphatic carbocycles. The van der Waals surface area contributed by atoms with E-state index in [4.69, 9.17) is 4.52 Å². The summed E-state index contributed by atoms with van der Waals surface area (Å²) < 4.78 is 5.38. The van der Waals surface area contributed by atoms with Crippen LogP contribution in [0.1, 0.15) is 54.3 Å². The molecule has 7 nitrogen and oxygen atoms in total. The van der Waals surface area contributed by atoms with Crippen LogP contribution < -0.4 is 5.32 Å². The molecule has 136 valence electrons. The van der Waals surface area contributed by atoms with Gasteiger partial charge in [-0.15, -0.1) is 11.3 Å². The van der Waals surface area contributed by atoms with Crippen LogP contribution in [0.15, 0.2) is 15.7 Å². The molecule has 2 aliphatic rings. The third-order valence-corrected chi connectivity index (χ3v) is 5.87. The lowest BCUT2D eigenvalue weighted by Crippen LogP contribution is -2.16. The predicted molar refractivity (Wildman–Crippen MR) is 96.2 cm³/mol. The molecule has 0 aromatic carbocycles. The number of hydrogen-bond acceptors (Lipinski definition) is 6. The number of rotatable bonds is 5. The number of carbonyl (C=O) groups is 2. The summed E-state index contributed by atoms with van der Waals surface area (Å²) in [4.78, 5) is 29.5. The van der Waals surface area contributed by atoms with Crippen molar-refractivity contribution < 1.29 is 19.2 Å². The van der Waals surface area contributed by atoms with E-state index in [9.17, 15) is 14.7 Å². The number of aliphatic carboxylic acids is 1. The SMILES string of the molecule is Cc1noc(-c2c(NC(=O)C3=C(C(=O)O)CCC3)sc(C)c2C2CC2)n1. The molecular weight excluding hydrogens is 354 g/mol. The molecule has 0 radical (unpaired) electrons. The molecule has 8 heteroatoms. The Morgan fingerprint density at radius 2 is 1.96 bits per heavy atom. The first kappa shape index (κ1) is 17.0. The lowest BCUT2D eigenvalue weighted by molar-refractivity contribution is -0.133. The van der Waals surface area contributed by atoms with Crippen molar-refractivity contribution in [2.75, 3.05) is 5.32 Å². The standard InChI is InChI=1S/C18H19N3O4S/c1-8-13(10-6-7-10)14(16-19-9(2)21-25-16)17(26-8)20-15(22)11-4-3-5-12(11)18(23)24/h10H,3-7H2,1-2H3,(H,20,22)(H,23,24). The second-order valence-electron chi connectivity index (χ2n) is 6.77. The molecule has 1 amide bonds. The van der Waals surface area contributed by atoms with Gasteiger partial charge in [-0.1, -0.05) is 5.16 Å². The number of thiophene rings is 1. The van der Waals surface area contributed by atoms with Crippen LogP contribution in [-0.4, -0.2) is 27.1 Å². The molecule has 0 spiro atoms. The van der Waals surface area contributed by atoms with E-state index in [2.05, 4.69) is 15.5 Å². The van der Waals surface area contributed by atoms with Crippen LogP contribution in [0.25, 0.3) is 11.5 Å². The van der Waals surface area contributed by atoms with Crippen molar-refractivity contribution in [3.8, 4) is 11.5 Å². The Morgan fingerprint density at radius 3 is 2.58 bits per heavy atom. The number of carboxylic acid groups (broad SMARTS) is 1. The van der Waals surface area contributed by atoms with Gasteiger partial charge in [0.1, 0.15) is 5.00 Å². The van der Waals surface area contributed by atoms with Gasteiger partial charge in [0.25, 0.3) is 11.8 Å². The van der Waals surface area contributed by atoms with Crippen LogP contribution in [0.3, 0.4) is 0 Å². The summed E-state index contributed by atoms with van der Waals surface area (Å²) in [6.07, 6.45) is 3.84. The number of nitrogens with zero attached hydrogens (tertiary/aromatic N) is 2. The van der Waals surface area contributed by atoms with Gasteiger partial charge in [0.05, 0.1) is 5.56 Å². The van der Waals surface area contributed by atoms with Crippen molar-refractivity contribution in [1.82, 2.24) is 10.1 Å². The molecule has 2 aromatic heterocycles. The van der Waals surface area contributed by atoms with E-state index in [0.29, 0.717) is 47.5 Å². The third-order valence-electron chi connectivity index (χ3n) is 4.84. The fourth-order valence-electron chi connectivity index (χ4n) is 3.53. The smallest absolute Gasteiger partial charge is 0.332 e. The van der Waals surface area contributed by atoms with Crippen molar-refractivity contribution in [2.45, 2.75) is 51.9 Å². The fraction of sp³-hybridized carbons (Fsp3) is 0.444. The first-order valence-electron chi connectivity index (χ1n) is 8.66. The van der Waals surface area contributed by atoms with Gasteiger partial charge >= 0.3 is 5.97 Å². The zero-order valence-electron chi connectivity index (χ0n) is 14.6. The number of carboxylic acids is 1. The molecular formula is C18H19N3O4S. The van der Waals surface area contributed by atoms with Gasteiger partial charge in [-0.2, -0.15) is 4.98 Å². The first-order valence-corrected chi connectivity index (χ1v) is 9.48. The quantitative estimate of drug-likeness (QED) is 0.826. The third kappa shape index (κ3) is 2.94. The van der Waals surface area contributed by atoms with Crippen LogP contribution in [0, 0.1) is 13.8 Å². The molecule has 1 fully saturated rings. The van der Waals surface area contributed by atoms with Gasteiger partial charge in [0, 0.05) is 16.0 Å². The number of anilines is 1. The molecule has 0 saturated heterocycles. The Labute approximate surface area is 154 Å². The molecule has 2 aromatic rings. The van der Waals surface area contributed by atoms with Gasteiger partial charge in [-0.25, -0.2) is 4.79 Å². The summed E-state index contributed by atoms with van der Waals surface area (Å²) in [6, 6.07) is 0. The Bertz CT molecular complexity index is 936. The second-order valence-corrected chi connectivity index (χ2v) is 7.99. The van der Waals surface area contributed by atoms with Crippen LogP contribution in [0.2, 0.25) is 0 Å². The Kier molecular flexibility index (Phi) is 4.14. The van der Waals surface area contributed by atoms with Crippen molar-refractivity contribution in [2.24, 2.45) is 0 Å². The summed E-state index contributed by atoms with van der Waals surface area (Å²) in [7, 11) is 0. The van der Waals surface area contributed by atoms with E-state index in [1.54, 1.807) is 6.92 Å². The molecule has 26 heavy (non-hydrogen) atoms. The zero-order chi connectivity index (χ0) is 18.4. The lowest BCUT2D eigenvalue weighted by Gasteiger charge is -2.07. The first-order chi connectivity index (χ1) is 12.5. The summed E-state index contributed by atoms with van der Waals surface area (Å²) in [6.45, 7) is 3.78. The number of aromatic nitrogens is 2. The highest BCUT2D eigenvalue weighted by Crippen LogP contribution is 2.51. The molecule has 0 atom stereocenters. The van der Waals surface area contributed by atoms with Crippen LogP contribution in [0.5, 0.6) is 0 Å². The molecule has 0 unspecified atom stereocenters. The second kappa shape index (κ2) is 6.35. The van der Waals surface area contributed by atoms with Crippen molar-refractivity contribution in [3.63, 3.8) is 0 Å². The summed E-state index contributed by atoms with van der Waals surface area (Å²) in [5.74, 6) is 0.0410. The maximum atomic E-state index is 12.7. The Hall–Kier alpha value is -2.48. The van der Waals surface area contributed by atoms with Crippen molar-refractivity contribution in [3.05, 3.63) is 27.4 Å². The Morgan fingerprint density at radius 1 is 1.23 bits per heavy atom. The molecule has 0 bridgehead atoms. The highest BCUT2D eigenvalue weighted by atomic mass is 32.1. The number of nitrogens with one attached hydrogen (secondary N) is 1. The van der Waals surface area contributed by atoms with Crippen molar-refractivity contribution in [1.29, 1.82) is 0 Å². The molecule has 1 saturated carbocycles. The van der Waals surface area contributed by atoms with E-state index < -0.39 is 5.97 Å². The van der Waals surface area contributed by atoms with Gasteiger partial charge in [0.2, 0.25) is 0 Å². The van der Waals surface area contributed by atoms with Gasteiger partial charge in [0.15, 0.2) is 5.82 Å². The van der Waals surface area contributed by atoms with Crippen LogP contribution in [0.4, 0.5) is 5.00 Å². The molecule has 0 aliphatic heterocycles. The zero-order valence-corrected chi connectivity index (χ0v) is 15.4. The maximum Gasteiger partial charge on any atom is 0.332 e. The van der Waals surface area contributed by atoms with Crippen molar-refractivity contribution >= 4 is 28.2 Å². The molecule has 2 heterocycles. The predicted octanol–water partition coefficient (Wildman–Crippen LogP) is 3.80. The highest BCUT2D eigenvalue weighted by Gasteiger charge is 2.34. The summed E-state index contributed by atoms with van der Waals surface area (Å²) in [5.41, 5.74) is 2.53. The minimum absolute atomic E-state index is 0.216. The van der Waals surface area contributed by atoms with Gasteiger partial charge in [-0.3, -0.25) is 4.79 Å². The average molecular weight is 373 g/mol. The monoisotopic (exact) mass is 373 g/mol. The van der Waals surface area contributed by atoms with E-state index in [1.165, 1.54) is 11.3 Å². The number of carbonyl (C=O) groups excluding carboxylic acids is 1. The number of aryl methyl sites for hydroxylation is 2. The average Bonchev–Trinajstić information content (AvgIpc) is 3.01. The minimum atomic E-state index is -1.01. The van der Waals surface area contributed by atoms with Crippen LogP contribution in [-0.2, 0) is 9.59 Å². The molecule has 4 rings (SSSR count). The largest absolute Gasteiger partial charge is 0.478 e. The topological polar surface area (TPSA) is 105 Å². The lowest BCUT2D eigenvalue weighted by atomic mass is 10.1. The van der Waals surface area contributed by atoms with Gasteiger partial charge < -0.3 is 14.9 Å².